The molecule has 0 radical (unpaired) electrons. The molecule has 0 saturated carbocycles. The van der Waals surface area contributed by atoms with E-state index >= 15 is 0 Å². The first kappa shape index (κ1) is 13.9. The Morgan fingerprint density at radius 2 is 2.05 bits per heavy atom. The normalized spacial score (nSPS) is 20.2. The fraction of sp³-hybridized carbons (Fsp3) is 0.308. The molecule has 7 heteroatoms. The van der Waals surface area contributed by atoms with Gasteiger partial charge in [-0.3, -0.25) is 25.0 Å². The third-order valence-corrected chi connectivity index (χ3v) is 3.38. The molecule has 1 aliphatic carbocycles. The summed E-state index contributed by atoms with van der Waals surface area (Å²) in [5.74, 6) is -0.374. The summed E-state index contributed by atoms with van der Waals surface area (Å²) in [5.41, 5.74) is -1.62. The van der Waals surface area contributed by atoms with Gasteiger partial charge in [0.25, 0.3) is 11.2 Å². The second-order valence-electron chi connectivity index (χ2n) is 4.77. The molecular weight excluding hydrogens is 264 g/mol. The summed E-state index contributed by atoms with van der Waals surface area (Å²) in [6.07, 6.45) is 2.81. The van der Waals surface area contributed by atoms with E-state index in [4.69, 9.17) is 0 Å². The molecule has 7 nitrogen and oxygen atoms in total. The van der Waals surface area contributed by atoms with Gasteiger partial charge in [0.15, 0.2) is 0 Å². The van der Waals surface area contributed by atoms with E-state index in [1.807, 2.05) is 0 Å². The van der Waals surface area contributed by atoms with Gasteiger partial charge in [-0.2, -0.15) is 0 Å². The minimum absolute atomic E-state index is 0.0210. The molecule has 20 heavy (non-hydrogen) atoms. The smallest absolute Gasteiger partial charge is 0.280 e. The predicted octanol–water partition coefficient (Wildman–Crippen LogP) is 2.46. The Bertz CT molecular complexity index is 638. The Kier molecular flexibility index (Phi) is 3.35. The first-order chi connectivity index (χ1) is 9.38. The number of rotatable bonds is 4. The molecule has 0 amide bonds. The van der Waals surface area contributed by atoms with Gasteiger partial charge in [-0.15, -0.1) is 0 Å². The van der Waals surface area contributed by atoms with Crippen LogP contribution in [0.2, 0.25) is 0 Å². The van der Waals surface area contributed by atoms with Crippen molar-refractivity contribution in [3.8, 4) is 0 Å². The van der Waals surface area contributed by atoms with Crippen molar-refractivity contribution in [1.82, 2.24) is 0 Å². The van der Waals surface area contributed by atoms with Crippen molar-refractivity contribution in [2.45, 2.75) is 25.3 Å². The predicted molar refractivity (Wildman–Crippen MR) is 70.7 cm³/mol. The maximum absolute atomic E-state index is 11.5. The summed E-state index contributed by atoms with van der Waals surface area (Å²) in [4.78, 5) is 32.9. The van der Waals surface area contributed by atoms with E-state index in [9.17, 15) is 25.0 Å². The number of nitrogens with zero attached hydrogens (tertiary/aromatic N) is 2. The zero-order chi connectivity index (χ0) is 14.9. The molecule has 104 valence electrons. The van der Waals surface area contributed by atoms with Crippen LogP contribution < -0.4 is 0 Å². The van der Waals surface area contributed by atoms with Gasteiger partial charge >= 0.3 is 0 Å². The van der Waals surface area contributed by atoms with Gasteiger partial charge < -0.3 is 0 Å². The molecule has 1 unspecified atom stereocenters. The van der Waals surface area contributed by atoms with Gasteiger partial charge in [-0.1, -0.05) is 24.3 Å². The van der Waals surface area contributed by atoms with E-state index in [-0.39, 0.29) is 29.9 Å². The van der Waals surface area contributed by atoms with Crippen molar-refractivity contribution < 1.29 is 14.6 Å². The number of fused-ring (bicyclic) bond motifs is 1. The van der Waals surface area contributed by atoms with E-state index in [1.165, 1.54) is 19.1 Å². The van der Waals surface area contributed by atoms with Gasteiger partial charge in [-0.05, 0) is 12.5 Å². The molecule has 0 saturated heterocycles. The van der Waals surface area contributed by atoms with Crippen molar-refractivity contribution in [3.63, 3.8) is 0 Å². The molecule has 0 bridgehead atoms. The minimum Gasteiger partial charge on any atom is -0.300 e. The first-order valence-electron chi connectivity index (χ1n) is 5.97. The zero-order valence-electron chi connectivity index (χ0n) is 10.7. The second-order valence-corrected chi connectivity index (χ2v) is 4.77. The van der Waals surface area contributed by atoms with Crippen LogP contribution in [-0.4, -0.2) is 15.6 Å². The lowest BCUT2D eigenvalue weighted by Crippen LogP contribution is -2.39. The maximum atomic E-state index is 11.5. The largest absolute Gasteiger partial charge is 0.300 e. The Hall–Kier alpha value is -2.57. The van der Waals surface area contributed by atoms with E-state index < -0.39 is 15.4 Å². The number of carbonyl (C=O) groups is 1. The van der Waals surface area contributed by atoms with Crippen LogP contribution in [0, 0.1) is 20.2 Å². The molecule has 2 rings (SSSR count). The summed E-state index contributed by atoms with van der Waals surface area (Å²) in [5, 5.41) is 22.7. The Balaban J connectivity index is 2.77. The van der Waals surface area contributed by atoms with Crippen LogP contribution >= 0.6 is 0 Å². The zero-order valence-corrected chi connectivity index (χ0v) is 10.7. The van der Waals surface area contributed by atoms with Crippen LogP contribution in [0.25, 0.3) is 6.08 Å². The third-order valence-electron chi connectivity index (χ3n) is 3.38. The fourth-order valence-electron chi connectivity index (χ4n) is 2.64. The molecule has 0 heterocycles. The van der Waals surface area contributed by atoms with Crippen LogP contribution in [0.4, 0.5) is 5.69 Å². The van der Waals surface area contributed by atoms with Crippen LogP contribution in [0.5, 0.6) is 0 Å². The highest BCUT2D eigenvalue weighted by Gasteiger charge is 2.51. The topological polar surface area (TPSA) is 103 Å². The lowest BCUT2D eigenvalue weighted by atomic mass is 9.76. The average molecular weight is 276 g/mol. The highest BCUT2D eigenvalue weighted by atomic mass is 16.6. The minimum atomic E-state index is -1.75. The molecule has 0 aromatic heterocycles. The number of hydrogen-bond acceptors (Lipinski definition) is 5. The number of nitro benzene ring substituents is 1. The van der Waals surface area contributed by atoms with Gasteiger partial charge in [-0.25, -0.2) is 0 Å². The standard InChI is InChI=1S/C13H12N2O5/c1-9(16)8-13(15(19)20)7-3-5-10-4-2-6-11(12(10)13)14(17)18/h2-6H,7-8H2,1H3. The van der Waals surface area contributed by atoms with Gasteiger partial charge in [0.05, 0.1) is 11.3 Å². The van der Waals surface area contributed by atoms with Crippen molar-refractivity contribution in [1.29, 1.82) is 0 Å². The summed E-state index contributed by atoms with van der Waals surface area (Å²) in [6.45, 7) is 1.25. The van der Waals surface area contributed by atoms with Gasteiger partial charge in [0.1, 0.15) is 11.3 Å². The lowest BCUT2D eigenvalue weighted by Gasteiger charge is -2.27. The molecule has 0 spiro atoms. The SMILES string of the molecule is CC(=O)CC1([N+](=O)[O-])CC=Cc2cccc([N+](=O)[O-])c21. The Morgan fingerprint density at radius 3 is 2.60 bits per heavy atom. The number of benzene rings is 1. The van der Waals surface area contributed by atoms with E-state index in [2.05, 4.69) is 0 Å². The Morgan fingerprint density at radius 1 is 1.35 bits per heavy atom. The average Bonchev–Trinajstić information content (AvgIpc) is 2.37. The van der Waals surface area contributed by atoms with Crippen LogP contribution in [0.1, 0.15) is 30.9 Å². The lowest BCUT2D eigenvalue weighted by molar-refractivity contribution is -0.579. The number of Topliss-reactive ketones (excluding diaryl/α,β-unsaturated/α-hetero) is 1. The quantitative estimate of drug-likeness (QED) is 0.620. The molecule has 0 N–H and O–H groups in total. The van der Waals surface area contributed by atoms with E-state index in [0.717, 1.165) is 0 Å². The number of nitro groups is 2. The monoisotopic (exact) mass is 276 g/mol. The molecule has 0 aliphatic heterocycles. The highest BCUT2D eigenvalue weighted by Crippen LogP contribution is 2.43. The summed E-state index contributed by atoms with van der Waals surface area (Å²) in [6, 6.07) is 4.29. The van der Waals surface area contributed by atoms with Crippen molar-refractivity contribution >= 4 is 17.5 Å². The molecule has 0 fully saturated rings. The van der Waals surface area contributed by atoms with Gasteiger partial charge in [0.2, 0.25) is 0 Å². The van der Waals surface area contributed by atoms with Crippen molar-refractivity contribution in [2.75, 3.05) is 0 Å². The van der Waals surface area contributed by atoms with Crippen molar-refractivity contribution in [3.05, 3.63) is 55.6 Å². The molecule has 1 atom stereocenters. The van der Waals surface area contributed by atoms with Crippen LogP contribution in [0.3, 0.4) is 0 Å². The number of ketones is 1. The first-order valence-corrected chi connectivity index (χ1v) is 5.97. The molecular formula is C13H12N2O5. The van der Waals surface area contributed by atoms with Crippen molar-refractivity contribution in [2.24, 2.45) is 0 Å². The van der Waals surface area contributed by atoms with Crippen LogP contribution in [-0.2, 0) is 10.3 Å². The number of carbonyl (C=O) groups excluding carboxylic acids is 1. The van der Waals surface area contributed by atoms with E-state index in [0.29, 0.717) is 5.56 Å². The maximum Gasteiger partial charge on any atom is 0.280 e. The summed E-state index contributed by atoms with van der Waals surface area (Å²) >= 11 is 0. The summed E-state index contributed by atoms with van der Waals surface area (Å²) in [7, 11) is 0. The van der Waals surface area contributed by atoms with E-state index in [1.54, 1.807) is 18.2 Å². The van der Waals surface area contributed by atoms with Gasteiger partial charge in [0, 0.05) is 17.4 Å². The third kappa shape index (κ3) is 2.07. The highest BCUT2D eigenvalue weighted by molar-refractivity contribution is 5.78. The number of hydrogen-bond donors (Lipinski definition) is 0. The fourth-order valence-corrected chi connectivity index (χ4v) is 2.64. The summed E-state index contributed by atoms with van der Waals surface area (Å²) < 4.78 is 0. The van der Waals surface area contributed by atoms with Crippen LogP contribution in [0.15, 0.2) is 24.3 Å². The molecule has 1 aromatic carbocycles. The molecule has 1 aromatic rings. The molecule has 1 aliphatic rings. The Labute approximate surface area is 114 Å². The second kappa shape index (κ2) is 4.84.